The predicted octanol–water partition coefficient (Wildman–Crippen LogP) is 4.98. The minimum absolute atomic E-state index is 0.0177. The van der Waals surface area contributed by atoms with Crippen molar-refractivity contribution in [1.82, 2.24) is 4.90 Å². The Morgan fingerprint density at radius 1 is 1.12 bits per heavy atom. The van der Waals surface area contributed by atoms with Crippen LogP contribution in [0.4, 0.5) is 4.39 Å². The first-order chi connectivity index (χ1) is 15.9. The zero-order valence-corrected chi connectivity index (χ0v) is 18.8. The monoisotopic (exact) mass is 453 g/mol. The number of carbonyl (C=O) groups is 2. The summed E-state index contributed by atoms with van der Waals surface area (Å²) >= 11 is 0. The fourth-order valence-corrected chi connectivity index (χ4v) is 4.29. The number of benzene rings is 2. The van der Waals surface area contributed by atoms with Crippen LogP contribution >= 0.6 is 0 Å². The molecule has 1 aliphatic rings. The van der Waals surface area contributed by atoms with Crippen molar-refractivity contribution in [2.24, 2.45) is 0 Å². The van der Waals surface area contributed by atoms with Gasteiger partial charge < -0.3 is 15.1 Å². The largest absolute Gasteiger partial charge is 0.481 e. The lowest BCUT2D eigenvalue weighted by Gasteiger charge is -2.22. The van der Waals surface area contributed by atoms with Crippen LogP contribution in [0, 0.1) is 5.82 Å². The molecule has 0 bridgehead atoms. The summed E-state index contributed by atoms with van der Waals surface area (Å²) in [6.45, 7) is 0.654. The molecule has 0 aromatic heterocycles. The van der Waals surface area contributed by atoms with Gasteiger partial charge in [-0.2, -0.15) is 0 Å². The van der Waals surface area contributed by atoms with Crippen LogP contribution in [0.5, 0.6) is 0 Å². The molecule has 33 heavy (non-hydrogen) atoms. The number of carboxylic acids is 1. The lowest BCUT2D eigenvalue weighted by Crippen LogP contribution is -2.32. The van der Waals surface area contributed by atoms with Crippen molar-refractivity contribution in [3.8, 4) is 11.1 Å². The van der Waals surface area contributed by atoms with Crippen molar-refractivity contribution >= 4 is 11.9 Å². The van der Waals surface area contributed by atoms with Crippen LogP contribution in [0.15, 0.2) is 60.7 Å². The van der Waals surface area contributed by atoms with Crippen LogP contribution in [0.2, 0.25) is 0 Å². The quantitative estimate of drug-likeness (QED) is 0.351. The number of aliphatic carboxylic acids is 1. The molecule has 5 nitrogen and oxygen atoms in total. The van der Waals surface area contributed by atoms with Gasteiger partial charge in [0.15, 0.2) is 0 Å². The molecule has 0 aliphatic carbocycles. The zero-order chi connectivity index (χ0) is 23.6. The minimum atomic E-state index is -0.771. The van der Waals surface area contributed by atoms with Gasteiger partial charge in [0.25, 0.3) is 0 Å². The summed E-state index contributed by atoms with van der Waals surface area (Å²) in [4.78, 5) is 24.7. The van der Waals surface area contributed by atoms with E-state index in [-0.39, 0.29) is 24.2 Å². The first kappa shape index (κ1) is 24.6. The number of halogens is 1. The number of amides is 1. The molecule has 2 aromatic rings. The number of rotatable bonds is 12. The van der Waals surface area contributed by atoms with Crippen molar-refractivity contribution in [1.29, 1.82) is 0 Å². The van der Waals surface area contributed by atoms with Gasteiger partial charge in [-0.05, 0) is 36.5 Å². The Labute approximate surface area is 194 Å². The molecule has 0 radical (unpaired) electrons. The molecule has 1 heterocycles. The molecule has 2 aromatic carbocycles. The summed E-state index contributed by atoms with van der Waals surface area (Å²) in [5.41, 5.74) is 2.22. The van der Waals surface area contributed by atoms with Gasteiger partial charge in [0, 0.05) is 31.4 Å². The molecule has 3 rings (SSSR count). The van der Waals surface area contributed by atoms with E-state index >= 15 is 0 Å². The van der Waals surface area contributed by atoms with Gasteiger partial charge in [0.1, 0.15) is 5.82 Å². The molecule has 2 atom stereocenters. The normalized spacial score (nSPS) is 17.1. The van der Waals surface area contributed by atoms with Gasteiger partial charge in [-0.3, -0.25) is 9.59 Å². The topological polar surface area (TPSA) is 77.8 Å². The first-order valence-corrected chi connectivity index (χ1v) is 11.7. The van der Waals surface area contributed by atoms with E-state index in [2.05, 4.69) is 0 Å². The van der Waals surface area contributed by atoms with Crippen LogP contribution < -0.4 is 0 Å². The molecular formula is C27H32FNO4. The molecule has 1 saturated heterocycles. The molecule has 1 aliphatic heterocycles. The number of nitrogens with zero attached hydrogens (tertiary/aromatic N) is 1. The highest BCUT2D eigenvalue weighted by Gasteiger charge is 2.28. The molecule has 2 N–H and O–H groups in total. The van der Waals surface area contributed by atoms with E-state index in [1.54, 1.807) is 24.3 Å². The van der Waals surface area contributed by atoms with E-state index in [4.69, 9.17) is 5.11 Å². The third-order valence-electron chi connectivity index (χ3n) is 6.03. The second kappa shape index (κ2) is 12.3. The highest BCUT2D eigenvalue weighted by molar-refractivity contribution is 5.79. The molecule has 176 valence electrons. The third kappa shape index (κ3) is 7.53. The van der Waals surface area contributed by atoms with E-state index in [0.717, 1.165) is 36.8 Å². The zero-order valence-electron chi connectivity index (χ0n) is 18.8. The van der Waals surface area contributed by atoms with Gasteiger partial charge in [0.2, 0.25) is 5.91 Å². The summed E-state index contributed by atoms with van der Waals surface area (Å²) in [6, 6.07) is 14.1. The fourth-order valence-electron chi connectivity index (χ4n) is 4.29. The third-order valence-corrected chi connectivity index (χ3v) is 6.03. The van der Waals surface area contributed by atoms with E-state index < -0.39 is 12.1 Å². The number of aliphatic hydroxyl groups excluding tert-OH is 1. The maximum Gasteiger partial charge on any atom is 0.303 e. The Bertz CT molecular complexity index is 974. The molecule has 6 heteroatoms. The fraction of sp³-hybridized carbons (Fsp3) is 0.407. The average Bonchev–Trinajstić information content (AvgIpc) is 3.14. The standard InChI is InChI=1S/C27H32FNO4/c28-25-11-5-4-10-24(25)21-9-7-8-20(18-21)19-23(30)15-13-22-14-16-26(31)29(22)17-6-2-1-3-12-27(32)33/h4-5,7-11,13,15,18,22-23,30H,1-3,6,12,14,16-17,19H2,(H,32,33)/t22-,23+/m0/s1. The maximum atomic E-state index is 14.1. The van der Waals surface area contributed by atoms with E-state index in [1.165, 1.54) is 6.07 Å². The second-order valence-corrected chi connectivity index (χ2v) is 8.59. The Balaban J connectivity index is 1.51. The van der Waals surface area contributed by atoms with Crippen LogP contribution in [-0.4, -0.2) is 45.7 Å². The van der Waals surface area contributed by atoms with Crippen molar-refractivity contribution in [2.75, 3.05) is 6.54 Å². The Hall–Kier alpha value is -2.99. The molecule has 0 unspecified atom stereocenters. The van der Waals surface area contributed by atoms with Crippen molar-refractivity contribution < 1.29 is 24.2 Å². The van der Waals surface area contributed by atoms with Crippen molar-refractivity contribution in [3.63, 3.8) is 0 Å². The molecule has 0 saturated carbocycles. The molecular weight excluding hydrogens is 421 g/mol. The van der Waals surface area contributed by atoms with Gasteiger partial charge in [-0.25, -0.2) is 4.39 Å². The molecule has 0 spiro atoms. The lowest BCUT2D eigenvalue weighted by molar-refractivity contribution is -0.137. The summed E-state index contributed by atoms with van der Waals surface area (Å²) in [7, 11) is 0. The van der Waals surface area contributed by atoms with Gasteiger partial charge in [0.05, 0.1) is 12.1 Å². The number of carboxylic acid groups (broad SMARTS) is 1. The van der Waals surface area contributed by atoms with Gasteiger partial charge in [-0.1, -0.05) is 67.5 Å². The van der Waals surface area contributed by atoms with Crippen molar-refractivity contribution in [3.05, 3.63) is 72.1 Å². The Morgan fingerprint density at radius 2 is 1.91 bits per heavy atom. The highest BCUT2D eigenvalue weighted by atomic mass is 19.1. The smallest absolute Gasteiger partial charge is 0.303 e. The number of unbranched alkanes of at least 4 members (excludes halogenated alkanes) is 3. The summed E-state index contributed by atoms with van der Waals surface area (Å²) in [5, 5.41) is 19.2. The average molecular weight is 454 g/mol. The SMILES string of the molecule is O=C(O)CCCCCCN1C(=O)CC[C@@H]1C=C[C@@H](O)Cc1cccc(-c2ccccc2F)c1. The van der Waals surface area contributed by atoms with E-state index in [0.29, 0.717) is 31.4 Å². The van der Waals surface area contributed by atoms with E-state index in [9.17, 15) is 19.1 Å². The second-order valence-electron chi connectivity index (χ2n) is 8.59. The summed E-state index contributed by atoms with van der Waals surface area (Å²) < 4.78 is 14.1. The molecule has 1 amide bonds. The highest BCUT2D eigenvalue weighted by Crippen LogP contribution is 2.24. The van der Waals surface area contributed by atoms with Gasteiger partial charge >= 0.3 is 5.97 Å². The summed E-state index contributed by atoms with van der Waals surface area (Å²) in [5.74, 6) is -0.919. The first-order valence-electron chi connectivity index (χ1n) is 11.7. The number of hydrogen-bond acceptors (Lipinski definition) is 3. The van der Waals surface area contributed by atoms with Crippen LogP contribution in [0.1, 0.15) is 50.5 Å². The molecule has 1 fully saturated rings. The van der Waals surface area contributed by atoms with Crippen LogP contribution in [0.25, 0.3) is 11.1 Å². The Kier molecular flexibility index (Phi) is 9.19. The Morgan fingerprint density at radius 3 is 2.70 bits per heavy atom. The van der Waals surface area contributed by atoms with E-state index in [1.807, 2.05) is 35.2 Å². The van der Waals surface area contributed by atoms with Crippen LogP contribution in [0.3, 0.4) is 0 Å². The number of aliphatic hydroxyl groups is 1. The van der Waals surface area contributed by atoms with Crippen molar-refractivity contribution in [2.45, 2.75) is 63.5 Å². The number of hydrogen-bond donors (Lipinski definition) is 2. The maximum absolute atomic E-state index is 14.1. The predicted molar refractivity (Wildman–Crippen MR) is 126 cm³/mol. The van der Waals surface area contributed by atoms with Gasteiger partial charge in [-0.15, -0.1) is 0 Å². The minimum Gasteiger partial charge on any atom is -0.481 e. The number of carbonyl (C=O) groups excluding carboxylic acids is 1. The summed E-state index contributed by atoms with van der Waals surface area (Å²) in [6.07, 6.45) is 8.07. The lowest BCUT2D eigenvalue weighted by atomic mass is 9.99. The van der Waals surface area contributed by atoms with Crippen LogP contribution in [-0.2, 0) is 16.0 Å². The number of likely N-dealkylation sites (tertiary alicyclic amines) is 1.